The van der Waals surface area contributed by atoms with Gasteiger partial charge >= 0.3 is 0 Å². The first-order valence-corrected chi connectivity index (χ1v) is 12.8. The zero-order valence-electron chi connectivity index (χ0n) is 18.5. The third kappa shape index (κ3) is 5.10. The quantitative estimate of drug-likeness (QED) is 0.279. The first kappa shape index (κ1) is 23.2. The van der Waals surface area contributed by atoms with E-state index in [1.807, 2.05) is 0 Å². The van der Waals surface area contributed by atoms with Gasteiger partial charge in [0.1, 0.15) is 0 Å². The molecule has 0 aliphatic heterocycles. The summed E-state index contributed by atoms with van der Waals surface area (Å²) in [5.74, 6) is 0.531. The number of benzene rings is 1. The van der Waals surface area contributed by atoms with Crippen molar-refractivity contribution in [3.8, 4) is 0 Å². The highest BCUT2D eigenvalue weighted by Crippen LogP contribution is 2.47. The molecule has 0 fully saturated rings. The van der Waals surface area contributed by atoms with E-state index < -0.39 is 8.32 Å². The van der Waals surface area contributed by atoms with E-state index in [-0.39, 0.29) is 6.10 Å². The summed E-state index contributed by atoms with van der Waals surface area (Å²) in [6.45, 7) is 23.3. The molecule has 1 aromatic carbocycles. The van der Waals surface area contributed by atoms with E-state index in [4.69, 9.17) is 4.43 Å². The van der Waals surface area contributed by atoms with Crippen molar-refractivity contribution in [2.75, 3.05) is 0 Å². The lowest BCUT2D eigenvalue weighted by Crippen LogP contribution is -2.49. The van der Waals surface area contributed by atoms with Gasteiger partial charge < -0.3 is 4.43 Å². The predicted molar refractivity (Wildman–Crippen MR) is 119 cm³/mol. The fourth-order valence-corrected chi connectivity index (χ4v) is 10.3. The topological polar surface area (TPSA) is 9.23 Å². The average Bonchev–Trinajstić information content (AvgIpc) is 2.59. The molecule has 0 saturated heterocycles. The summed E-state index contributed by atoms with van der Waals surface area (Å²) in [6, 6.07) is 10.8. The van der Waals surface area contributed by atoms with Crippen molar-refractivity contribution < 1.29 is 4.43 Å². The van der Waals surface area contributed by atoms with Crippen LogP contribution in [0.4, 0.5) is 0 Å². The van der Waals surface area contributed by atoms with Crippen LogP contribution < -0.4 is 0 Å². The number of hydrogen-bond acceptors (Lipinski definition) is 1. The highest BCUT2D eigenvalue weighted by molar-refractivity contribution is 6.77. The SMILES string of the molecule is C=C(C(CC)CCC)C(O[Si](C(C)C)(C(C)C)C(C)C)c1ccccc1. The maximum atomic E-state index is 7.24. The summed E-state index contributed by atoms with van der Waals surface area (Å²) < 4.78 is 7.24. The molecule has 2 unspecified atom stereocenters. The van der Waals surface area contributed by atoms with Crippen LogP contribution in [0.15, 0.2) is 42.5 Å². The Morgan fingerprint density at radius 2 is 1.42 bits per heavy atom. The van der Waals surface area contributed by atoms with E-state index in [2.05, 4.69) is 92.3 Å². The van der Waals surface area contributed by atoms with Crippen molar-refractivity contribution in [1.29, 1.82) is 0 Å². The Morgan fingerprint density at radius 1 is 0.923 bits per heavy atom. The summed E-state index contributed by atoms with van der Waals surface area (Å²) in [4.78, 5) is 0. The number of rotatable bonds is 11. The molecule has 0 amide bonds. The van der Waals surface area contributed by atoms with E-state index in [0.717, 1.165) is 6.42 Å². The van der Waals surface area contributed by atoms with Crippen molar-refractivity contribution in [2.24, 2.45) is 5.92 Å². The van der Waals surface area contributed by atoms with Crippen LogP contribution in [-0.2, 0) is 4.43 Å². The second-order valence-electron chi connectivity index (χ2n) is 8.69. The van der Waals surface area contributed by atoms with E-state index in [1.54, 1.807) is 0 Å². The highest BCUT2D eigenvalue weighted by atomic mass is 28.4. The lowest BCUT2D eigenvalue weighted by Gasteiger charge is -2.45. The van der Waals surface area contributed by atoms with Gasteiger partial charge in [0.2, 0.25) is 8.32 Å². The second kappa shape index (κ2) is 10.5. The van der Waals surface area contributed by atoms with Crippen molar-refractivity contribution in [3.05, 3.63) is 48.0 Å². The monoisotopic (exact) mass is 374 g/mol. The van der Waals surface area contributed by atoms with Crippen LogP contribution in [0.5, 0.6) is 0 Å². The smallest absolute Gasteiger partial charge is 0.201 e. The van der Waals surface area contributed by atoms with Crippen molar-refractivity contribution in [1.82, 2.24) is 0 Å². The van der Waals surface area contributed by atoms with Crippen LogP contribution in [0.2, 0.25) is 16.6 Å². The minimum Gasteiger partial charge on any atom is -0.405 e. The lowest BCUT2D eigenvalue weighted by molar-refractivity contribution is 0.194. The Balaban J connectivity index is 3.38. The van der Waals surface area contributed by atoms with Gasteiger partial charge in [-0.15, -0.1) is 0 Å². The summed E-state index contributed by atoms with van der Waals surface area (Å²) in [5.41, 5.74) is 4.28. The molecule has 26 heavy (non-hydrogen) atoms. The summed E-state index contributed by atoms with van der Waals surface area (Å²) in [6.07, 6.45) is 3.55. The lowest BCUT2D eigenvalue weighted by atomic mass is 9.87. The Bertz CT molecular complexity index is 511. The highest BCUT2D eigenvalue weighted by Gasteiger charge is 2.47. The molecule has 2 atom stereocenters. The van der Waals surface area contributed by atoms with E-state index in [1.165, 1.54) is 24.0 Å². The predicted octanol–water partition coefficient (Wildman–Crippen LogP) is 8.30. The van der Waals surface area contributed by atoms with Gasteiger partial charge in [0.05, 0.1) is 6.10 Å². The van der Waals surface area contributed by atoms with Crippen LogP contribution in [0, 0.1) is 5.92 Å². The van der Waals surface area contributed by atoms with Gasteiger partial charge in [0.25, 0.3) is 0 Å². The van der Waals surface area contributed by atoms with E-state index in [0.29, 0.717) is 22.5 Å². The third-order valence-corrected chi connectivity index (χ3v) is 12.2. The zero-order valence-corrected chi connectivity index (χ0v) is 19.5. The molecular weight excluding hydrogens is 332 g/mol. The van der Waals surface area contributed by atoms with Crippen molar-refractivity contribution >= 4 is 8.32 Å². The first-order chi connectivity index (χ1) is 12.2. The fraction of sp³-hybridized carbons (Fsp3) is 0.667. The molecule has 1 aromatic rings. The zero-order chi connectivity index (χ0) is 19.9. The van der Waals surface area contributed by atoms with Crippen LogP contribution in [0.3, 0.4) is 0 Å². The maximum Gasteiger partial charge on any atom is 0.201 e. The Morgan fingerprint density at radius 3 is 1.81 bits per heavy atom. The van der Waals surface area contributed by atoms with Crippen LogP contribution in [-0.4, -0.2) is 8.32 Å². The second-order valence-corrected chi connectivity index (χ2v) is 14.1. The molecule has 1 nitrogen and oxygen atoms in total. The molecule has 0 radical (unpaired) electrons. The molecule has 0 spiro atoms. The van der Waals surface area contributed by atoms with Crippen molar-refractivity contribution in [3.63, 3.8) is 0 Å². The minimum absolute atomic E-state index is 0.0200. The Labute approximate surface area is 164 Å². The fourth-order valence-electron chi connectivity index (χ4n) is 4.81. The standard InChI is InChI=1S/C24H42OSi/c1-10-15-22(11-2)21(9)24(23-16-13-12-14-17-23)25-26(18(3)4,19(5)6)20(7)8/h12-14,16-20,22,24H,9-11,15H2,1-8H3. The Kier molecular flexibility index (Phi) is 9.33. The molecule has 0 bridgehead atoms. The summed E-state index contributed by atoms with van der Waals surface area (Å²) >= 11 is 0. The molecule has 148 valence electrons. The molecule has 0 N–H and O–H groups in total. The van der Waals surface area contributed by atoms with Gasteiger partial charge in [-0.25, -0.2) is 0 Å². The molecular formula is C24H42OSi. The van der Waals surface area contributed by atoms with Gasteiger partial charge in [0, 0.05) is 0 Å². The van der Waals surface area contributed by atoms with Crippen molar-refractivity contribution in [2.45, 2.75) is 97.4 Å². The van der Waals surface area contributed by atoms with E-state index in [9.17, 15) is 0 Å². The van der Waals surface area contributed by atoms with Crippen LogP contribution >= 0.6 is 0 Å². The molecule has 2 heteroatoms. The molecule has 0 aromatic heterocycles. The molecule has 0 heterocycles. The average molecular weight is 375 g/mol. The molecule has 0 aliphatic carbocycles. The van der Waals surface area contributed by atoms with Gasteiger partial charge in [-0.2, -0.15) is 0 Å². The van der Waals surface area contributed by atoms with Crippen LogP contribution in [0.25, 0.3) is 0 Å². The molecule has 0 aliphatic rings. The van der Waals surface area contributed by atoms with Gasteiger partial charge in [-0.05, 0) is 46.5 Å². The minimum atomic E-state index is -1.98. The summed E-state index contributed by atoms with van der Waals surface area (Å²) in [7, 11) is -1.98. The Hall–Kier alpha value is -0.863. The third-order valence-electron chi connectivity index (χ3n) is 6.12. The maximum absolute atomic E-state index is 7.24. The summed E-state index contributed by atoms with van der Waals surface area (Å²) in [5, 5.41) is 0. The van der Waals surface area contributed by atoms with Crippen LogP contribution in [0.1, 0.15) is 86.3 Å². The number of hydrogen-bond donors (Lipinski definition) is 0. The molecule has 1 rings (SSSR count). The normalized spacial score (nSPS) is 14.9. The first-order valence-electron chi connectivity index (χ1n) is 10.6. The largest absolute Gasteiger partial charge is 0.405 e. The van der Waals surface area contributed by atoms with E-state index >= 15 is 0 Å². The molecule has 0 saturated carbocycles. The van der Waals surface area contributed by atoms with Gasteiger partial charge in [-0.1, -0.05) is 98.7 Å². The van der Waals surface area contributed by atoms with Gasteiger partial charge in [0.15, 0.2) is 0 Å². The van der Waals surface area contributed by atoms with Gasteiger partial charge in [-0.3, -0.25) is 0 Å².